The molecule has 0 unspecified atom stereocenters. The van der Waals surface area contributed by atoms with Crippen LogP contribution in [-0.4, -0.2) is 20.6 Å². The van der Waals surface area contributed by atoms with Crippen molar-refractivity contribution in [3.8, 4) is 5.69 Å². The zero-order valence-corrected chi connectivity index (χ0v) is 11.3. The van der Waals surface area contributed by atoms with Gasteiger partial charge in [-0.2, -0.15) is 0 Å². The Bertz CT molecular complexity index is 818. The van der Waals surface area contributed by atoms with Crippen LogP contribution >= 0.6 is 0 Å². The number of aromatic nitrogens is 2. The molecule has 20 heavy (non-hydrogen) atoms. The van der Waals surface area contributed by atoms with Gasteiger partial charge in [0.15, 0.2) is 0 Å². The van der Waals surface area contributed by atoms with Gasteiger partial charge in [-0.1, -0.05) is 12.1 Å². The minimum atomic E-state index is -0.939. The molecule has 3 aromatic rings. The lowest BCUT2D eigenvalue weighted by molar-refractivity contribution is 0.0697. The lowest BCUT2D eigenvalue weighted by Crippen LogP contribution is -2.04. The number of imidazole rings is 1. The summed E-state index contributed by atoms with van der Waals surface area (Å²) in [6.45, 7) is 4.08. The molecule has 0 spiro atoms. The molecule has 4 heteroatoms. The summed E-state index contributed by atoms with van der Waals surface area (Å²) in [5, 5.41) is 9.30. The molecule has 1 aromatic heterocycles. The Balaban J connectivity index is 2.31. The van der Waals surface area contributed by atoms with Crippen molar-refractivity contribution in [1.29, 1.82) is 0 Å². The first-order valence-corrected chi connectivity index (χ1v) is 6.35. The molecule has 3 rings (SSSR count). The van der Waals surface area contributed by atoms with Crippen LogP contribution in [0.4, 0.5) is 0 Å². The molecule has 4 nitrogen and oxygen atoms in total. The first-order valence-electron chi connectivity index (χ1n) is 6.35. The number of fused-ring (bicyclic) bond motifs is 1. The van der Waals surface area contributed by atoms with E-state index in [0.29, 0.717) is 5.69 Å². The monoisotopic (exact) mass is 266 g/mol. The number of benzene rings is 2. The van der Waals surface area contributed by atoms with Gasteiger partial charge in [0.2, 0.25) is 0 Å². The van der Waals surface area contributed by atoms with E-state index in [1.165, 1.54) is 5.56 Å². The fourth-order valence-electron chi connectivity index (χ4n) is 2.32. The number of rotatable bonds is 2. The van der Waals surface area contributed by atoms with Crippen LogP contribution in [0, 0.1) is 13.8 Å². The maximum absolute atomic E-state index is 11.3. The zero-order valence-electron chi connectivity index (χ0n) is 11.3. The molecule has 1 heterocycles. The highest BCUT2D eigenvalue weighted by atomic mass is 16.4. The average Bonchev–Trinajstić information content (AvgIpc) is 2.82. The molecule has 0 fully saturated rings. The molecule has 2 aromatic carbocycles. The van der Waals surface area contributed by atoms with Crippen LogP contribution in [-0.2, 0) is 0 Å². The first kappa shape index (κ1) is 12.4. The molecule has 0 aliphatic heterocycles. The standard InChI is InChI=1S/C16H14N2O2/c1-10-7-13-15(8-11(10)2)18(9-17-13)14-6-4-3-5-12(14)16(19)20/h3-9H,1-2H3,(H,19,20). The molecule has 0 aliphatic rings. The Kier molecular flexibility index (Phi) is 2.79. The van der Waals surface area contributed by atoms with Crippen molar-refractivity contribution < 1.29 is 9.90 Å². The Morgan fingerprint density at radius 3 is 2.60 bits per heavy atom. The van der Waals surface area contributed by atoms with Crippen LogP contribution in [0.5, 0.6) is 0 Å². The third-order valence-corrected chi connectivity index (χ3v) is 3.56. The van der Waals surface area contributed by atoms with Gasteiger partial charge in [0.05, 0.1) is 22.3 Å². The van der Waals surface area contributed by atoms with Crippen LogP contribution in [0.15, 0.2) is 42.7 Å². The van der Waals surface area contributed by atoms with Crippen LogP contribution in [0.2, 0.25) is 0 Å². The van der Waals surface area contributed by atoms with Crippen LogP contribution < -0.4 is 0 Å². The van der Waals surface area contributed by atoms with Crippen molar-refractivity contribution in [3.05, 3.63) is 59.4 Å². The largest absolute Gasteiger partial charge is 0.478 e. The number of aryl methyl sites for hydroxylation is 2. The third-order valence-electron chi connectivity index (χ3n) is 3.56. The van der Waals surface area contributed by atoms with Crippen molar-refractivity contribution in [2.45, 2.75) is 13.8 Å². The normalized spacial score (nSPS) is 10.9. The summed E-state index contributed by atoms with van der Waals surface area (Å²) < 4.78 is 1.82. The quantitative estimate of drug-likeness (QED) is 0.774. The summed E-state index contributed by atoms with van der Waals surface area (Å²) in [4.78, 5) is 15.7. The van der Waals surface area contributed by atoms with E-state index in [9.17, 15) is 9.90 Å². The molecule has 100 valence electrons. The van der Waals surface area contributed by atoms with Gasteiger partial charge in [0, 0.05) is 0 Å². The average molecular weight is 266 g/mol. The van der Waals surface area contributed by atoms with E-state index >= 15 is 0 Å². The molecule has 0 aliphatic carbocycles. The smallest absolute Gasteiger partial charge is 0.337 e. The fraction of sp³-hybridized carbons (Fsp3) is 0.125. The number of hydrogen-bond acceptors (Lipinski definition) is 2. The van der Waals surface area contributed by atoms with E-state index in [-0.39, 0.29) is 5.56 Å². The zero-order chi connectivity index (χ0) is 14.3. The highest BCUT2D eigenvalue weighted by Crippen LogP contribution is 2.23. The maximum Gasteiger partial charge on any atom is 0.337 e. The van der Waals surface area contributed by atoms with E-state index in [4.69, 9.17) is 0 Å². The predicted octanol–water partition coefficient (Wildman–Crippen LogP) is 3.34. The number of carboxylic acids is 1. The van der Waals surface area contributed by atoms with E-state index < -0.39 is 5.97 Å². The SMILES string of the molecule is Cc1cc2ncn(-c3ccccc3C(=O)O)c2cc1C. The molecule has 0 saturated heterocycles. The molecular weight excluding hydrogens is 252 g/mol. The fourth-order valence-corrected chi connectivity index (χ4v) is 2.32. The maximum atomic E-state index is 11.3. The van der Waals surface area contributed by atoms with Crippen molar-refractivity contribution in [1.82, 2.24) is 9.55 Å². The van der Waals surface area contributed by atoms with Gasteiger partial charge in [-0.25, -0.2) is 9.78 Å². The highest BCUT2D eigenvalue weighted by molar-refractivity contribution is 5.93. The van der Waals surface area contributed by atoms with E-state index in [0.717, 1.165) is 16.6 Å². The van der Waals surface area contributed by atoms with Gasteiger partial charge in [0.25, 0.3) is 0 Å². The molecule has 0 atom stereocenters. The lowest BCUT2D eigenvalue weighted by atomic mass is 10.1. The van der Waals surface area contributed by atoms with Gasteiger partial charge >= 0.3 is 5.97 Å². The first-order chi connectivity index (χ1) is 9.58. The molecule has 0 amide bonds. The number of para-hydroxylation sites is 1. The van der Waals surface area contributed by atoms with Crippen molar-refractivity contribution >= 4 is 17.0 Å². The molecule has 0 saturated carbocycles. The number of nitrogens with zero attached hydrogens (tertiary/aromatic N) is 2. The number of carbonyl (C=O) groups is 1. The minimum Gasteiger partial charge on any atom is -0.478 e. The summed E-state index contributed by atoms with van der Waals surface area (Å²) >= 11 is 0. The Morgan fingerprint density at radius 1 is 1.15 bits per heavy atom. The number of hydrogen-bond donors (Lipinski definition) is 1. The topological polar surface area (TPSA) is 55.1 Å². The molecular formula is C16H14N2O2. The van der Waals surface area contributed by atoms with Crippen LogP contribution in [0.3, 0.4) is 0 Å². The molecule has 0 bridgehead atoms. The Labute approximate surface area is 116 Å². The second-order valence-corrected chi connectivity index (χ2v) is 4.86. The van der Waals surface area contributed by atoms with Crippen molar-refractivity contribution in [3.63, 3.8) is 0 Å². The van der Waals surface area contributed by atoms with E-state index in [2.05, 4.69) is 4.98 Å². The highest BCUT2D eigenvalue weighted by Gasteiger charge is 2.13. The number of carboxylic acid groups (broad SMARTS) is 1. The summed E-state index contributed by atoms with van der Waals surface area (Å²) in [6, 6.07) is 11.0. The van der Waals surface area contributed by atoms with E-state index in [1.807, 2.05) is 36.6 Å². The van der Waals surface area contributed by atoms with Gasteiger partial charge in [-0.3, -0.25) is 4.57 Å². The number of aromatic carboxylic acids is 1. The molecule has 1 N–H and O–H groups in total. The van der Waals surface area contributed by atoms with Crippen LogP contribution in [0.1, 0.15) is 21.5 Å². The van der Waals surface area contributed by atoms with Crippen molar-refractivity contribution in [2.75, 3.05) is 0 Å². The van der Waals surface area contributed by atoms with Gasteiger partial charge in [0.1, 0.15) is 6.33 Å². The van der Waals surface area contributed by atoms with Crippen molar-refractivity contribution in [2.24, 2.45) is 0 Å². The summed E-state index contributed by atoms with van der Waals surface area (Å²) in [5.74, 6) is -0.939. The second kappa shape index (κ2) is 4.49. The predicted molar refractivity (Wildman–Crippen MR) is 77.5 cm³/mol. The Morgan fingerprint density at radius 2 is 1.85 bits per heavy atom. The minimum absolute atomic E-state index is 0.269. The lowest BCUT2D eigenvalue weighted by Gasteiger charge is -2.09. The van der Waals surface area contributed by atoms with E-state index in [1.54, 1.807) is 24.5 Å². The summed E-state index contributed by atoms with van der Waals surface area (Å²) in [5.41, 5.74) is 5.02. The van der Waals surface area contributed by atoms with Gasteiger partial charge < -0.3 is 5.11 Å². The van der Waals surface area contributed by atoms with Gasteiger partial charge in [-0.15, -0.1) is 0 Å². The Hall–Kier alpha value is -2.62. The van der Waals surface area contributed by atoms with Crippen LogP contribution in [0.25, 0.3) is 16.7 Å². The molecule has 0 radical (unpaired) electrons. The summed E-state index contributed by atoms with van der Waals surface area (Å²) in [7, 11) is 0. The van der Waals surface area contributed by atoms with Gasteiger partial charge in [-0.05, 0) is 49.2 Å². The third kappa shape index (κ3) is 1.86. The summed E-state index contributed by atoms with van der Waals surface area (Å²) in [6.07, 6.45) is 1.67. The second-order valence-electron chi connectivity index (χ2n) is 4.86.